The predicted octanol–water partition coefficient (Wildman–Crippen LogP) is 1.42. The van der Waals surface area contributed by atoms with E-state index in [0.29, 0.717) is 18.0 Å². The van der Waals surface area contributed by atoms with Gasteiger partial charge in [0, 0.05) is 12.1 Å². The van der Waals surface area contributed by atoms with Crippen molar-refractivity contribution in [1.82, 2.24) is 0 Å². The molecule has 2 aliphatic rings. The van der Waals surface area contributed by atoms with Gasteiger partial charge < -0.3 is 22.9 Å². The molecular weight excluding hydrogens is 224 g/mol. The van der Waals surface area contributed by atoms with E-state index in [1.807, 2.05) is 0 Å². The molecule has 0 aromatic carbocycles. The van der Waals surface area contributed by atoms with Crippen molar-refractivity contribution in [2.75, 3.05) is 0 Å². The first-order chi connectivity index (χ1) is 8.42. The highest BCUT2D eigenvalue weighted by molar-refractivity contribution is 4.83. The van der Waals surface area contributed by atoms with Gasteiger partial charge in [-0.1, -0.05) is 39.0 Å². The minimum absolute atomic E-state index is 0.337. The maximum atomic E-state index is 5.79. The Bertz CT molecular complexity index is 210. The van der Waals surface area contributed by atoms with E-state index >= 15 is 0 Å². The Hall–Kier alpha value is -0.160. The van der Waals surface area contributed by atoms with Crippen LogP contribution in [-0.2, 0) is 0 Å². The molecule has 108 valence electrons. The first-order valence-corrected chi connectivity index (χ1v) is 7.51. The van der Waals surface area contributed by atoms with Gasteiger partial charge in [-0.3, -0.25) is 0 Å². The van der Waals surface area contributed by atoms with Gasteiger partial charge in [-0.2, -0.15) is 0 Å². The Balaban J connectivity index is 0.000000180. The van der Waals surface area contributed by atoms with Gasteiger partial charge in [0.1, 0.15) is 0 Å². The third-order valence-corrected chi connectivity index (χ3v) is 4.46. The highest BCUT2D eigenvalue weighted by atomic mass is 14.9. The molecule has 0 amide bonds. The van der Waals surface area contributed by atoms with Crippen LogP contribution in [0.3, 0.4) is 0 Å². The summed E-state index contributed by atoms with van der Waals surface area (Å²) in [5.74, 6) is 0.527. The van der Waals surface area contributed by atoms with Gasteiger partial charge in [0.25, 0.3) is 0 Å². The quantitative estimate of drug-likeness (QED) is 0.388. The molecule has 0 aromatic heterocycles. The summed E-state index contributed by atoms with van der Waals surface area (Å²) in [7, 11) is 0. The van der Waals surface area contributed by atoms with Gasteiger partial charge in [-0.15, -0.1) is 0 Å². The molecule has 0 heterocycles. The third-order valence-electron chi connectivity index (χ3n) is 4.46. The molecule has 2 fully saturated rings. The van der Waals surface area contributed by atoms with E-state index in [-0.39, 0.29) is 5.66 Å². The SMILES string of the molecule is CC1C(N)CCCC1N.NC1(N)CCCCCC1. The molecule has 2 unspecified atom stereocenters. The van der Waals surface area contributed by atoms with Crippen LogP contribution in [0.25, 0.3) is 0 Å². The number of hydrogen-bond donors (Lipinski definition) is 4. The Morgan fingerprint density at radius 3 is 1.61 bits per heavy atom. The lowest BCUT2D eigenvalue weighted by molar-refractivity contribution is 0.287. The molecule has 0 aliphatic heterocycles. The molecule has 2 saturated carbocycles. The molecule has 18 heavy (non-hydrogen) atoms. The normalized spacial score (nSPS) is 36.2. The zero-order valence-corrected chi connectivity index (χ0v) is 11.9. The Morgan fingerprint density at radius 2 is 1.22 bits per heavy atom. The van der Waals surface area contributed by atoms with E-state index in [4.69, 9.17) is 22.9 Å². The standard InChI is InChI=1S/2C7H16N2/c1-5-6(8)3-2-4-7(5)9;8-7(9)5-3-1-2-4-6-7/h5-7H,2-4,8-9H2,1H3;1-6,8-9H2. The maximum absolute atomic E-state index is 5.79. The van der Waals surface area contributed by atoms with Crippen molar-refractivity contribution < 1.29 is 0 Å². The van der Waals surface area contributed by atoms with Crippen LogP contribution in [0.1, 0.15) is 64.7 Å². The summed E-state index contributed by atoms with van der Waals surface area (Å²) in [5.41, 5.74) is 22.8. The van der Waals surface area contributed by atoms with Crippen molar-refractivity contribution in [3.05, 3.63) is 0 Å². The monoisotopic (exact) mass is 256 g/mol. The fourth-order valence-electron chi connectivity index (χ4n) is 2.82. The van der Waals surface area contributed by atoms with Crippen LogP contribution in [0.5, 0.6) is 0 Å². The second kappa shape index (κ2) is 7.43. The van der Waals surface area contributed by atoms with Crippen molar-refractivity contribution >= 4 is 0 Å². The molecule has 2 rings (SSSR count). The molecule has 0 bridgehead atoms. The Kier molecular flexibility index (Phi) is 6.57. The number of hydrogen-bond acceptors (Lipinski definition) is 4. The molecular formula is C14H32N4. The summed E-state index contributed by atoms with van der Waals surface area (Å²) in [5, 5.41) is 0. The van der Waals surface area contributed by atoms with Crippen LogP contribution >= 0.6 is 0 Å². The smallest absolute Gasteiger partial charge is 0.0636 e. The summed E-state index contributed by atoms with van der Waals surface area (Å²) in [6.07, 6.45) is 10.6. The average molecular weight is 256 g/mol. The van der Waals surface area contributed by atoms with Crippen molar-refractivity contribution in [1.29, 1.82) is 0 Å². The summed E-state index contributed by atoms with van der Waals surface area (Å²) in [4.78, 5) is 0. The van der Waals surface area contributed by atoms with Gasteiger partial charge >= 0.3 is 0 Å². The van der Waals surface area contributed by atoms with Gasteiger partial charge in [-0.05, 0) is 31.6 Å². The van der Waals surface area contributed by atoms with E-state index in [0.717, 1.165) is 25.7 Å². The second-order valence-corrected chi connectivity index (χ2v) is 6.27. The summed E-state index contributed by atoms with van der Waals surface area (Å²) < 4.78 is 0. The molecule has 4 heteroatoms. The fourth-order valence-corrected chi connectivity index (χ4v) is 2.82. The zero-order chi connectivity index (χ0) is 13.6. The molecule has 8 N–H and O–H groups in total. The minimum Gasteiger partial charge on any atom is -0.327 e. The molecule has 2 aliphatic carbocycles. The van der Waals surface area contributed by atoms with Crippen molar-refractivity contribution in [3.63, 3.8) is 0 Å². The molecule has 0 radical (unpaired) electrons. The fraction of sp³-hybridized carbons (Fsp3) is 1.00. The summed E-state index contributed by atoms with van der Waals surface area (Å²) in [6.45, 7) is 2.15. The first-order valence-electron chi connectivity index (χ1n) is 7.51. The van der Waals surface area contributed by atoms with Gasteiger partial charge in [0.15, 0.2) is 0 Å². The van der Waals surface area contributed by atoms with E-state index in [9.17, 15) is 0 Å². The van der Waals surface area contributed by atoms with Crippen molar-refractivity contribution in [2.24, 2.45) is 28.9 Å². The second-order valence-electron chi connectivity index (χ2n) is 6.27. The zero-order valence-electron chi connectivity index (χ0n) is 11.9. The Morgan fingerprint density at radius 1 is 0.778 bits per heavy atom. The number of rotatable bonds is 0. The van der Waals surface area contributed by atoms with Crippen LogP contribution in [0, 0.1) is 5.92 Å². The van der Waals surface area contributed by atoms with E-state index in [1.165, 1.54) is 32.1 Å². The third kappa shape index (κ3) is 5.65. The van der Waals surface area contributed by atoms with E-state index in [1.54, 1.807) is 0 Å². The van der Waals surface area contributed by atoms with Crippen LogP contribution in [-0.4, -0.2) is 17.7 Å². The van der Waals surface area contributed by atoms with E-state index < -0.39 is 0 Å². The van der Waals surface area contributed by atoms with Crippen LogP contribution < -0.4 is 22.9 Å². The maximum Gasteiger partial charge on any atom is 0.0636 e. The highest BCUT2D eigenvalue weighted by Crippen LogP contribution is 2.21. The van der Waals surface area contributed by atoms with Gasteiger partial charge in [-0.25, -0.2) is 0 Å². The van der Waals surface area contributed by atoms with Crippen molar-refractivity contribution in [3.8, 4) is 0 Å². The Labute approximate surface area is 112 Å². The molecule has 0 aromatic rings. The number of nitrogens with two attached hydrogens (primary N) is 4. The molecule has 0 spiro atoms. The average Bonchev–Trinajstić information content (AvgIpc) is 2.50. The van der Waals surface area contributed by atoms with Crippen LogP contribution in [0.15, 0.2) is 0 Å². The summed E-state index contributed by atoms with van der Waals surface area (Å²) >= 11 is 0. The largest absolute Gasteiger partial charge is 0.327 e. The lowest BCUT2D eigenvalue weighted by Gasteiger charge is -2.30. The lowest BCUT2D eigenvalue weighted by Crippen LogP contribution is -2.48. The molecule has 2 atom stereocenters. The first kappa shape index (κ1) is 15.9. The summed E-state index contributed by atoms with van der Waals surface area (Å²) in [6, 6.07) is 0.711. The van der Waals surface area contributed by atoms with Crippen molar-refractivity contribution in [2.45, 2.75) is 82.5 Å². The predicted molar refractivity (Wildman–Crippen MR) is 77.8 cm³/mol. The molecule has 0 saturated heterocycles. The molecule has 4 nitrogen and oxygen atoms in total. The topological polar surface area (TPSA) is 104 Å². The van der Waals surface area contributed by atoms with Gasteiger partial charge in [0.2, 0.25) is 0 Å². The lowest BCUT2D eigenvalue weighted by atomic mass is 9.83. The van der Waals surface area contributed by atoms with Crippen LogP contribution in [0.4, 0.5) is 0 Å². The minimum atomic E-state index is -0.337. The van der Waals surface area contributed by atoms with E-state index in [2.05, 4.69) is 6.92 Å². The van der Waals surface area contributed by atoms with Gasteiger partial charge in [0.05, 0.1) is 5.66 Å². The van der Waals surface area contributed by atoms with Crippen LogP contribution in [0.2, 0.25) is 0 Å². The highest BCUT2D eigenvalue weighted by Gasteiger charge is 2.23.